The van der Waals surface area contributed by atoms with E-state index in [1.54, 1.807) is 7.11 Å². The summed E-state index contributed by atoms with van der Waals surface area (Å²) < 4.78 is 5.10. The normalized spacial score (nSPS) is 12.5. The summed E-state index contributed by atoms with van der Waals surface area (Å²) in [7, 11) is 1.59. The summed E-state index contributed by atoms with van der Waals surface area (Å²) in [6.45, 7) is 5.60. The Hall–Kier alpha value is -2.04. The first kappa shape index (κ1) is 18.0. The second-order valence-corrected chi connectivity index (χ2v) is 5.54. The van der Waals surface area contributed by atoms with E-state index in [-0.39, 0.29) is 18.2 Å². The smallest absolute Gasteiger partial charge is 0.305 e. The Bertz CT molecular complexity index is 506. The zero-order chi connectivity index (χ0) is 16.8. The van der Waals surface area contributed by atoms with Crippen LogP contribution in [-0.2, 0) is 9.59 Å². The number of ether oxygens (including phenoxy) is 1. The van der Waals surface area contributed by atoms with Gasteiger partial charge in [0.1, 0.15) is 5.75 Å². The van der Waals surface area contributed by atoms with Crippen molar-refractivity contribution in [1.29, 1.82) is 0 Å². The maximum absolute atomic E-state index is 12.5. The number of rotatable bonds is 8. The van der Waals surface area contributed by atoms with Gasteiger partial charge in [-0.15, -0.1) is 0 Å². The molecular weight excluding hydrogens is 282 g/mol. The number of benzene rings is 1. The molecule has 0 bridgehead atoms. The molecule has 5 nitrogen and oxygen atoms in total. The third kappa shape index (κ3) is 4.48. The van der Waals surface area contributed by atoms with Crippen LogP contribution in [0.4, 0.5) is 0 Å². The quantitative estimate of drug-likeness (QED) is 0.774. The minimum absolute atomic E-state index is 0.0684. The van der Waals surface area contributed by atoms with Gasteiger partial charge in [-0.3, -0.25) is 9.59 Å². The van der Waals surface area contributed by atoms with E-state index in [9.17, 15) is 9.59 Å². The van der Waals surface area contributed by atoms with Crippen molar-refractivity contribution in [3.8, 4) is 5.75 Å². The van der Waals surface area contributed by atoms with Gasteiger partial charge in [0.2, 0.25) is 5.91 Å². The van der Waals surface area contributed by atoms with E-state index in [4.69, 9.17) is 9.84 Å². The maximum Gasteiger partial charge on any atom is 0.305 e. The molecule has 0 spiro atoms. The van der Waals surface area contributed by atoms with Crippen LogP contribution in [0.15, 0.2) is 24.3 Å². The molecule has 0 aliphatic rings. The molecule has 0 aliphatic heterocycles. The highest BCUT2D eigenvalue weighted by Crippen LogP contribution is 2.24. The van der Waals surface area contributed by atoms with Crippen molar-refractivity contribution in [2.24, 2.45) is 0 Å². The number of carboxylic acids is 1. The predicted molar refractivity (Wildman–Crippen MR) is 85.1 cm³/mol. The molecule has 2 N–H and O–H groups in total. The van der Waals surface area contributed by atoms with Gasteiger partial charge in [-0.25, -0.2) is 0 Å². The third-order valence-corrected chi connectivity index (χ3v) is 4.24. The first-order valence-corrected chi connectivity index (χ1v) is 7.55. The van der Waals surface area contributed by atoms with Gasteiger partial charge in [-0.2, -0.15) is 0 Å². The molecule has 1 unspecified atom stereocenters. The average molecular weight is 307 g/mol. The van der Waals surface area contributed by atoms with Crippen LogP contribution in [0, 0.1) is 0 Å². The number of carboxylic acid groups (broad SMARTS) is 1. The minimum atomic E-state index is -0.902. The molecular formula is C17H25NO4. The lowest BCUT2D eigenvalue weighted by Gasteiger charge is -2.32. The number of hydrogen-bond acceptors (Lipinski definition) is 3. The number of carbonyl (C=O) groups is 2. The van der Waals surface area contributed by atoms with Gasteiger partial charge in [0, 0.05) is 5.54 Å². The summed E-state index contributed by atoms with van der Waals surface area (Å²) in [5.74, 6) is -0.674. The SMILES string of the molecule is CCC(CC)(CC(=O)O)NC(=O)C(C)c1ccc(OC)cc1. The van der Waals surface area contributed by atoms with Crippen LogP contribution in [0.3, 0.4) is 0 Å². The van der Waals surface area contributed by atoms with Crippen LogP contribution in [0.25, 0.3) is 0 Å². The van der Waals surface area contributed by atoms with Crippen molar-refractivity contribution in [2.75, 3.05) is 7.11 Å². The van der Waals surface area contributed by atoms with E-state index >= 15 is 0 Å². The van der Waals surface area contributed by atoms with Gasteiger partial charge in [0.15, 0.2) is 0 Å². The van der Waals surface area contributed by atoms with Crippen LogP contribution in [0.1, 0.15) is 51.5 Å². The molecule has 1 aromatic carbocycles. The van der Waals surface area contributed by atoms with Crippen LogP contribution >= 0.6 is 0 Å². The van der Waals surface area contributed by atoms with Crippen molar-refractivity contribution in [3.05, 3.63) is 29.8 Å². The number of aliphatic carboxylic acids is 1. The molecule has 22 heavy (non-hydrogen) atoms. The van der Waals surface area contributed by atoms with Gasteiger partial charge >= 0.3 is 5.97 Å². The Balaban J connectivity index is 2.85. The Labute approximate surface area is 131 Å². The van der Waals surface area contributed by atoms with Gasteiger partial charge in [-0.05, 0) is 37.5 Å². The van der Waals surface area contributed by atoms with Crippen molar-refractivity contribution in [3.63, 3.8) is 0 Å². The van der Waals surface area contributed by atoms with Crippen LogP contribution < -0.4 is 10.1 Å². The summed E-state index contributed by atoms with van der Waals surface area (Å²) in [6.07, 6.45) is 1.09. The zero-order valence-corrected chi connectivity index (χ0v) is 13.7. The van der Waals surface area contributed by atoms with Crippen molar-refractivity contribution in [1.82, 2.24) is 5.32 Å². The first-order valence-electron chi connectivity index (χ1n) is 7.55. The maximum atomic E-state index is 12.5. The number of methoxy groups -OCH3 is 1. The standard InChI is InChI=1S/C17H25NO4/c1-5-17(6-2,11-15(19)20)18-16(21)12(3)13-7-9-14(22-4)10-8-13/h7-10,12H,5-6,11H2,1-4H3,(H,18,21)(H,19,20). The number of nitrogens with one attached hydrogen (secondary N) is 1. The number of amides is 1. The van der Waals surface area contributed by atoms with E-state index in [0.717, 1.165) is 11.3 Å². The van der Waals surface area contributed by atoms with Gasteiger partial charge in [-0.1, -0.05) is 26.0 Å². The van der Waals surface area contributed by atoms with Crippen LogP contribution in [0.5, 0.6) is 5.75 Å². The highest BCUT2D eigenvalue weighted by molar-refractivity contribution is 5.84. The lowest BCUT2D eigenvalue weighted by molar-refractivity contribution is -0.139. The van der Waals surface area contributed by atoms with Crippen LogP contribution in [0.2, 0.25) is 0 Å². The van der Waals surface area contributed by atoms with Crippen molar-refractivity contribution in [2.45, 2.75) is 51.5 Å². The van der Waals surface area contributed by atoms with E-state index in [0.29, 0.717) is 12.8 Å². The summed E-state index contributed by atoms with van der Waals surface area (Å²) in [5, 5.41) is 12.0. The molecule has 1 rings (SSSR count). The Morgan fingerprint density at radius 1 is 1.23 bits per heavy atom. The van der Waals surface area contributed by atoms with Crippen molar-refractivity contribution < 1.29 is 19.4 Å². The fraction of sp³-hybridized carbons (Fsp3) is 0.529. The monoisotopic (exact) mass is 307 g/mol. The van der Waals surface area contributed by atoms with E-state index < -0.39 is 11.5 Å². The predicted octanol–water partition coefficient (Wildman–Crippen LogP) is 2.95. The Morgan fingerprint density at radius 2 is 1.77 bits per heavy atom. The van der Waals surface area contributed by atoms with E-state index in [1.807, 2.05) is 45.0 Å². The first-order chi connectivity index (χ1) is 10.4. The fourth-order valence-electron chi connectivity index (χ4n) is 2.42. The molecule has 0 saturated heterocycles. The lowest BCUT2D eigenvalue weighted by Crippen LogP contribution is -2.50. The highest BCUT2D eigenvalue weighted by Gasteiger charge is 2.32. The van der Waals surface area contributed by atoms with Gasteiger partial charge in [0.05, 0.1) is 19.4 Å². The Morgan fingerprint density at radius 3 is 2.18 bits per heavy atom. The molecule has 0 aromatic heterocycles. The lowest BCUT2D eigenvalue weighted by atomic mass is 9.87. The topological polar surface area (TPSA) is 75.6 Å². The van der Waals surface area contributed by atoms with E-state index in [2.05, 4.69) is 5.32 Å². The summed E-state index contributed by atoms with van der Waals surface area (Å²) >= 11 is 0. The second kappa shape index (κ2) is 7.82. The Kier molecular flexibility index (Phi) is 6.40. The molecule has 0 saturated carbocycles. The molecule has 0 aliphatic carbocycles. The molecule has 0 fully saturated rings. The fourth-order valence-corrected chi connectivity index (χ4v) is 2.42. The molecule has 1 atom stereocenters. The number of hydrogen-bond donors (Lipinski definition) is 2. The molecule has 0 radical (unpaired) electrons. The van der Waals surface area contributed by atoms with Gasteiger partial charge < -0.3 is 15.2 Å². The van der Waals surface area contributed by atoms with E-state index in [1.165, 1.54) is 0 Å². The highest BCUT2D eigenvalue weighted by atomic mass is 16.5. The largest absolute Gasteiger partial charge is 0.497 e. The second-order valence-electron chi connectivity index (χ2n) is 5.54. The molecule has 5 heteroatoms. The third-order valence-electron chi connectivity index (χ3n) is 4.24. The minimum Gasteiger partial charge on any atom is -0.497 e. The zero-order valence-electron chi connectivity index (χ0n) is 13.7. The van der Waals surface area contributed by atoms with Gasteiger partial charge in [0.25, 0.3) is 0 Å². The molecule has 122 valence electrons. The molecule has 1 aromatic rings. The van der Waals surface area contributed by atoms with Crippen LogP contribution in [-0.4, -0.2) is 29.6 Å². The molecule has 1 amide bonds. The summed E-state index contributed by atoms with van der Waals surface area (Å²) in [4.78, 5) is 23.5. The number of carbonyl (C=O) groups excluding carboxylic acids is 1. The summed E-state index contributed by atoms with van der Waals surface area (Å²) in [6, 6.07) is 7.31. The average Bonchev–Trinajstić information content (AvgIpc) is 2.52. The molecule has 0 heterocycles. The van der Waals surface area contributed by atoms with Crippen molar-refractivity contribution >= 4 is 11.9 Å². The summed E-state index contributed by atoms with van der Waals surface area (Å²) in [5.41, 5.74) is 0.179.